The summed E-state index contributed by atoms with van der Waals surface area (Å²) >= 11 is 0. The molecule has 0 aliphatic heterocycles. The molecule has 6 heteroatoms. The summed E-state index contributed by atoms with van der Waals surface area (Å²) in [5, 5.41) is 0. The normalized spacial score (nSPS) is 10.7. The van der Waals surface area contributed by atoms with E-state index in [-0.39, 0.29) is 11.9 Å². The Bertz CT molecular complexity index is 1450. The Hall–Kier alpha value is -4.84. The molecule has 178 valence electrons. The topological polar surface area (TPSA) is 84.2 Å². The number of benzene rings is 3. The van der Waals surface area contributed by atoms with Crippen molar-refractivity contribution in [2.45, 2.75) is 0 Å². The summed E-state index contributed by atoms with van der Waals surface area (Å²) < 4.78 is 9.87. The van der Waals surface area contributed by atoms with E-state index in [0.29, 0.717) is 11.1 Å². The van der Waals surface area contributed by atoms with E-state index in [9.17, 15) is 9.59 Å². The Morgan fingerprint density at radius 2 is 1.00 bits per heavy atom. The van der Waals surface area contributed by atoms with Crippen LogP contribution in [-0.4, -0.2) is 36.1 Å². The van der Waals surface area contributed by atoms with Crippen molar-refractivity contribution in [3.8, 4) is 44.8 Å². The van der Waals surface area contributed by atoms with E-state index in [1.807, 2.05) is 79.1 Å². The van der Waals surface area contributed by atoms with Gasteiger partial charge in [-0.3, -0.25) is 0 Å². The van der Waals surface area contributed by atoms with E-state index >= 15 is 0 Å². The summed E-state index contributed by atoms with van der Waals surface area (Å²) in [7, 11) is 2.76. The van der Waals surface area contributed by atoms with Crippen LogP contribution in [0.2, 0.25) is 0 Å². The summed E-state index contributed by atoms with van der Waals surface area (Å²) in [5.41, 5.74) is 8.30. The molecule has 36 heavy (non-hydrogen) atoms. The number of hydrogen-bond donors (Lipinski definition) is 2. The Balaban J connectivity index is 1.46. The van der Waals surface area contributed by atoms with Gasteiger partial charge >= 0.3 is 11.9 Å². The van der Waals surface area contributed by atoms with Crippen molar-refractivity contribution < 1.29 is 19.1 Å². The van der Waals surface area contributed by atoms with Gasteiger partial charge in [0.05, 0.1) is 25.3 Å². The first-order valence-corrected chi connectivity index (χ1v) is 11.4. The Morgan fingerprint density at radius 1 is 0.556 bits per heavy atom. The number of H-pyrrole nitrogens is 2. The summed E-state index contributed by atoms with van der Waals surface area (Å²) in [5.74, 6) is -0.738. The van der Waals surface area contributed by atoms with Crippen molar-refractivity contribution >= 4 is 11.9 Å². The van der Waals surface area contributed by atoms with Crippen LogP contribution in [-0.2, 0) is 9.47 Å². The molecule has 0 atom stereocenters. The van der Waals surface area contributed by atoms with Gasteiger partial charge in [-0.2, -0.15) is 0 Å². The molecule has 3 aromatic carbocycles. The fourth-order valence-electron chi connectivity index (χ4n) is 4.33. The van der Waals surface area contributed by atoms with Crippen molar-refractivity contribution in [2.24, 2.45) is 0 Å². The lowest BCUT2D eigenvalue weighted by molar-refractivity contribution is 0.0592. The third-order valence-electron chi connectivity index (χ3n) is 6.14. The molecule has 0 aliphatic carbocycles. The van der Waals surface area contributed by atoms with Crippen molar-refractivity contribution in [3.63, 3.8) is 0 Å². The molecular formula is C30H24N2O4. The van der Waals surface area contributed by atoms with Crippen LogP contribution in [0.5, 0.6) is 0 Å². The first kappa shape index (κ1) is 22.9. The number of rotatable bonds is 6. The minimum Gasteiger partial charge on any atom is -0.465 e. The number of carbonyl (C=O) groups excluding carboxylic acids is 2. The van der Waals surface area contributed by atoms with Gasteiger partial charge in [-0.15, -0.1) is 0 Å². The van der Waals surface area contributed by atoms with Gasteiger partial charge in [0.2, 0.25) is 0 Å². The molecule has 5 aromatic rings. The number of aromatic amines is 2. The molecule has 0 aliphatic rings. The van der Waals surface area contributed by atoms with Gasteiger partial charge in [-0.1, -0.05) is 54.6 Å². The van der Waals surface area contributed by atoms with Crippen molar-refractivity contribution in [1.82, 2.24) is 9.97 Å². The van der Waals surface area contributed by atoms with Crippen molar-refractivity contribution in [3.05, 3.63) is 108 Å². The average Bonchev–Trinajstić information content (AvgIpc) is 3.63. The van der Waals surface area contributed by atoms with Gasteiger partial charge in [0.15, 0.2) is 0 Å². The van der Waals surface area contributed by atoms with Crippen LogP contribution in [0.3, 0.4) is 0 Å². The molecule has 2 heterocycles. The maximum Gasteiger partial charge on any atom is 0.338 e. The SMILES string of the molecule is COC(=O)c1ccccc1-c1c[nH]c(-c2cccc(-c3cc(-c4ccccc4C(=O)OC)c[nH]3)c2)c1. The van der Waals surface area contributed by atoms with E-state index in [1.165, 1.54) is 14.2 Å². The molecule has 0 spiro atoms. The predicted molar refractivity (Wildman–Crippen MR) is 140 cm³/mol. The van der Waals surface area contributed by atoms with E-state index in [0.717, 1.165) is 44.8 Å². The van der Waals surface area contributed by atoms with E-state index in [2.05, 4.69) is 16.0 Å². The molecule has 0 saturated carbocycles. The molecule has 0 bridgehead atoms. The second kappa shape index (κ2) is 9.80. The van der Waals surface area contributed by atoms with E-state index in [1.54, 1.807) is 12.1 Å². The van der Waals surface area contributed by atoms with Gasteiger partial charge in [-0.05, 0) is 52.6 Å². The maximum atomic E-state index is 12.2. The van der Waals surface area contributed by atoms with Crippen LogP contribution >= 0.6 is 0 Å². The second-order valence-electron chi connectivity index (χ2n) is 8.26. The minimum absolute atomic E-state index is 0.369. The number of hydrogen-bond acceptors (Lipinski definition) is 4. The highest BCUT2D eigenvalue weighted by Crippen LogP contribution is 2.33. The van der Waals surface area contributed by atoms with Crippen LogP contribution in [0.4, 0.5) is 0 Å². The molecule has 2 N–H and O–H groups in total. The van der Waals surface area contributed by atoms with Gasteiger partial charge in [0, 0.05) is 34.9 Å². The number of nitrogens with one attached hydrogen (secondary N) is 2. The monoisotopic (exact) mass is 476 g/mol. The third kappa shape index (κ3) is 4.32. The molecule has 0 unspecified atom stereocenters. The van der Waals surface area contributed by atoms with Gasteiger partial charge < -0.3 is 19.4 Å². The average molecular weight is 477 g/mol. The molecule has 6 nitrogen and oxygen atoms in total. The molecule has 0 amide bonds. The Morgan fingerprint density at radius 3 is 1.44 bits per heavy atom. The Labute approximate surface area is 208 Å². The fraction of sp³-hybridized carbons (Fsp3) is 0.0667. The molecule has 2 aromatic heterocycles. The highest BCUT2D eigenvalue weighted by molar-refractivity contribution is 5.98. The third-order valence-corrected chi connectivity index (χ3v) is 6.14. The standard InChI is InChI=1S/C30H24N2O4/c1-35-29(33)25-12-5-3-10-23(25)21-15-27(31-17-21)19-8-7-9-20(14-19)28-16-22(18-32-28)24-11-4-6-13-26(24)30(34)36-2/h3-18,31-32H,1-2H3. The van der Waals surface area contributed by atoms with Crippen LogP contribution < -0.4 is 0 Å². The minimum atomic E-state index is -0.369. The molecule has 5 rings (SSSR count). The largest absolute Gasteiger partial charge is 0.465 e. The lowest BCUT2D eigenvalue weighted by Crippen LogP contribution is -2.02. The number of aromatic nitrogens is 2. The van der Waals surface area contributed by atoms with Crippen molar-refractivity contribution in [2.75, 3.05) is 14.2 Å². The molecular weight excluding hydrogens is 452 g/mol. The van der Waals surface area contributed by atoms with Gasteiger partial charge in [0.1, 0.15) is 0 Å². The zero-order valence-electron chi connectivity index (χ0n) is 19.9. The zero-order valence-corrected chi connectivity index (χ0v) is 19.9. The fourth-order valence-corrected chi connectivity index (χ4v) is 4.33. The quantitative estimate of drug-likeness (QED) is 0.271. The highest BCUT2D eigenvalue weighted by Gasteiger charge is 2.16. The lowest BCUT2D eigenvalue weighted by Gasteiger charge is -2.06. The maximum absolute atomic E-state index is 12.2. The van der Waals surface area contributed by atoms with E-state index < -0.39 is 0 Å². The van der Waals surface area contributed by atoms with E-state index in [4.69, 9.17) is 9.47 Å². The van der Waals surface area contributed by atoms with Gasteiger partial charge in [0.25, 0.3) is 0 Å². The van der Waals surface area contributed by atoms with Crippen LogP contribution in [0.25, 0.3) is 44.8 Å². The summed E-state index contributed by atoms with van der Waals surface area (Å²) in [4.78, 5) is 31.1. The van der Waals surface area contributed by atoms with Crippen LogP contribution in [0, 0.1) is 0 Å². The predicted octanol–water partition coefficient (Wildman–Crippen LogP) is 6.58. The number of esters is 2. The summed E-state index contributed by atoms with van der Waals surface area (Å²) in [6.45, 7) is 0. The number of carbonyl (C=O) groups is 2. The number of ether oxygens (including phenoxy) is 2. The Kier molecular flexibility index (Phi) is 6.24. The molecule has 0 radical (unpaired) electrons. The zero-order chi connectivity index (χ0) is 25.1. The first-order valence-electron chi connectivity index (χ1n) is 11.4. The highest BCUT2D eigenvalue weighted by atomic mass is 16.5. The smallest absolute Gasteiger partial charge is 0.338 e. The summed E-state index contributed by atoms with van der Waals surface area (Å²) in [6, 6.07) is 27.0. The van der Waals surface area contributed by atoms with Crippen molar-refractivity contribution in [1.29, 1.82) is 0 Å². The number of methoxy groups -OCH3 is 2. The van der Waals surface area contributed by atoms with Crippen LogP contribution in [0.15, 0.2) is 97.3 Å². The molecule has 0 fully saturated rings. The second-order valence-corrected chi connectivity index (χ2v) is 8.26. The van der Waals surface area contributed by atoms with Crippen LogP contribution in [0.1, 0.15) is 20.7 Å². The van der Waals surface area contributed by atoms with Gasteiger partial charge in [-0.25, -0.2) is 9.59 Å². The summed E-state index contributed by atoms with van der Waals surface area (Å²) in [6.07, 6.45) is 3.78. The lowest BCUT2D eigenvalue weighted by atomic mass is 10.00. The molecule has 0 saturated heterocycles. The first-order chi connectivity index (χ1) is 17.6.